The summed E-state index contributed by atoms with van der Waals surface area (Å²) in [5.74, 6) is 1.36. The molecular formula is C14H18N2O. The van der Waals surface area contributed by atoms with E-state index in [1.807, 2.05) is 24.5 Å². The second-order valence-electron chi connectivity index (χ2n) is 5.30. The topological polar surface area (TPSA) is 38.0 Å². The number of aromatic nitrogens is 2. The van der Waals surface area contributed by atoms with Crippen molar-refractivity contribution in [3.8, 4) is 5.75 Å². The van der Waals surface area contributed by atoms with Crippen molar-refractivity contribution in [2.75, 3.05) is 0 Å². The fourth-order valence-corrected chi connectivity index (χ4v) is 1.93. The highest BCUT2D eigenvalue weighted by Crippen LogP contribution is 2.21. The Morgan fingerprint density at radius 3 is 2.71 bits per heavy atom. The Bertz CT molecular complexity index is 509. The zero-order valence-electron chi connectivity index (χ0n) is 10.5. The van der Waals surface area contributed by atoms with E-state index in [2.05, 4.69) is 30.3 Å². The lowest BCUT2D eigenvalue weighted by atomic mass is 9.95. The van der Waals surface area contributed by atoms with E-state index in [0.717, 1.165) is 17.9 Å². The Morgan fingerprint density at radius 1 is 1.29 bits per heavy atom. The van der Waals surface area contributed by atoms with Gasteiger partial charge in [0, 0.05) is 24.4 Å². The highest BCUT2D eigenvalue weighted by molar-refractivity contribution is 5.27. The number of aromatic hydroxyl groups is 1. The highest BCUT2D eigenvalue weighted by atomic mass is 16.3. The summed E-state index contributed by atoms with van der Waals surface area (Å²) in [6, 6.07) is 7.33. The number of hydrogen-bond acceptors (Lipinski definition) is 2. The van der Waals surface area contributed by atoms with Crippen LogP contribution in [0.2, 0.25) is 0 Å². The van der Waals surface area contributed by atoms with Crippen molar-refractivity contribution in [1.29, 1.82) is 0 Å². The summed E-state index contributed by atoms with van der Waals surface area (Å²) in [5.41, 5.74) is 1.11. The fraction of sp³-hybridized carbons (Fsp3) is 0.357. The standard InChI is InChI=1S/C14H18N2O/c1-14(2,3)13-15-7-8-16(13)10-11-5-4-6-12(17)9-11/h4-9,17H,10H2,1-3H3. The van der Waals surface area contributed by atoms with Gasteiger partial charge in [-0.25, -0.2) is 4.98 Å². The van der Waals surface area contributed by atoms with Crippen LogP contribution in [0.3, 0.4) is 0 Å². The highest BCUT2D eigenvalue weighted by Gasteiger charge is 2.19. The molecule has 90 valence electrons. The maximum absolute atomic E-state index is 9.45. The summed E-state index contributed by atoms with van der Waals surface area (Å²) in [4.78, 5) is 4.41. The summed E-state index contributed by atoms with van der Waals surface area (Å²) in [5, 5.41) is 9.45. The molecule has 0 aliphatic rings. The van der Waals surface area contributed by atoms with Crippen LogP contribution in [0.25, 0.3) is 0 Å². The zero-order valence-corrected chi connectivity index (χ0v) is 10.5. The third-order valence-corrected chi connectivity index (χ3v) is 2.65. The number of benzene rings is 1. The Balaban J connectivity index is 2.28. The molecule has 0 amide bonds. The Labute approximate surface area is 102 Å². The molecule has 0 fully saturated rings. The predicted octanol–water partition coefficient (Wildman–Crippen LogP) is 2.93. The number of phenolic OH excluding ortho intramolecular Hbond substituents is 1. The van der Waals surface area contributed by atoms with Gasteiger partial charge >= 0.3 is 0 Å². The minimum absolute atomic E-state index is 0.0281. The third kappa shape index (κ3) is 2.67. The van der Waals surface area contributed by atoms with Crippen molar-refractivity contribution in [2.24, 2.45) is 0 Å². The van der Waals surface area contributed by atoms with Crippen molar-refractivity contribution >= 4 is 0 Å². The first-order valence-corrected chi connectivity index (χ1v) is 5.76. The van der Waals surface area contributed by atoms with Crippen LogP contribution in [-0.4, -0.2) is 14.7 Å². The molecule has 1 heterocycles. The molecule has 0 radical (unpaired) electrons. The summed E-state index contributed by atoms with van der Waals surface area (Å²) in [7, 11) is 0. The molecule has 2 rings (SSSR count). The molecule has 0 aliphatic heterocycles. The average molecular weight is 230 g/mol. The number of imidazole rings is 1. The van der Waals surface area contributed by atoms with Gasteiger partial charge in [-0.05, 0) is 17.7 Å². The van der Waals surface area contributed by atoms with Gasteiger partial charge in [-0.15, -0.1) is 0 Å². The van der Waals surface area contributed by atoms with Crippen molar-refractivity contribution < 1.29 is 5.11 Å². The molecule has 0 bridgehead atoms. The first-order chi connectivity index (χ1) is 7.97. The van der Waals surface area contributed by atoms with E-state index in [0.29, 0.717) is 5.75 Å². The summed E-state index contributed by atoms with van der Waals surface area (Å²) >= 11 is 0. The normalized spacial score (nSPS) is 11.7. The Hall–Kier alpha value is -1.77. The van der Waals surface area contributed by atoms with Crippen LogP contribution < -0.4 is 0 Å². The van der Waals surface area contributed by atoms with Crippen LogP contribution in [-0.2, 0) is 12.0 Å². The number of rotatable bonds is 2. The summed E-state index contributed by atoms with van der Waals surface area (Å²) in [6.45, 7) is 7.18. The molecule has 3 heteroatoms. The first-order valence-electron chi connectivity index (χ1n) is 5.76. The molecule has 17 heavy (non-hydrogen) atoms. The molecule has 1 N–H and O–H groups in total. The summed E-state index contributed by atoms with van der Waals surface area (Å²) in [6.07, 6.45) is 3.80. The lowest BCUT2D eigenvalue weighted by Crippen LogP contribution is -2.19. The predicted molar refractivity (Wildman–Crippen MR) is 68.1 cm³/mol. The number of nitrogens with zero attached hydrogens (tertiary/aromatic N) is 2. The van der Waals surface area contributed by atoms with Crippen molar-refractivity contribution in [1.82, 2.24) is 9.55 Å². The van der Waals surface area contributed by atoms with Gasteiger partial charge in [-0.1, -0.05) is 32.9 Å². The smallest absolute Gasteiger partial charge is 0.115 e. The van der Waals surface area contributed by atoms with Crippen LogP contribution in [0.4, 0.5) is 0 Å². The van der Waals surface area contributed by atoms with Gasteiger partial charge in [0.2, 0.25) is 0 Å². The molecule has 1 aromatic carbocycles. The molecule has 0 atom stereocenters. The van der Waals surface area contributed by atoms with Crippen LogP contribution >= 0.6 is 0 Å². The van der Waals surface area contributed by atoms with Crippen LogP contribution in [0.5, 0.6) is 5.75 Å². The minimum Gasteiger partial charge on any atom is -0.508 e. The molecule has 0 aliphatic carbocycles. The lowest BCUT2D eigenvalue weighted by Gasteiger charge is -2.19. The molecule has 0 saturated heterocycles. The molecule has 0 unspecified atom stereocenters. The quantitative estimate of drug-likeness (QED) is 0.861. The third-order valence-electron chi connectivity index (χ3n) is 2.65. The van der Waals surface area contributed by atoms with Crippen molar-refractivity contribution in [2.45, 2.75) is 32.7 Å². The maximum atomic E-state index is 9.45. The van der Waals surface area contributed by atoms with E-state index in [4.69, 9.17) is 0 Å². The van der Waals surface area contributed by atoms with E-state index in [1.54, 1.807) is 12.1 Å². The van der Waals surface area contributed by atoms with Crippen molar-refractivity contribution in [3.63, 3.8) is 0 Å². The molecule has 0 spiro atoms. The molecule has 0 saturated carbocycles. The van der Waals surface area contributed by atoms with Gasteiger partial charge in [-0.3, -0.25) is 0 Å². The van der Waals surface area contributed by atoms with Gasteiger partial charge in [0.1, 0.15) is 11.6 Å². The van der Waals surface area contributed by atoms with E-state index < -0.39 is 0 Å². The van der Waals surface area contributed by atoms with E-state index >= 15 is 0 Å². The maximum Gasteiger partial charge on any atom is 0.115 e. The summed E-state index contributed by atoms with van der Waals surface area (Å²) < 4.78 is 2.12. The largest absolute Gasteiger partial charge is 0.508 e. The minimum atomic E-state index is 0.0281. The van der Waals surface area contributed by atoms with Gasteiger partial charge < -0.3 is 9.67 Å². The second-order valence-corrected chi connectivity index (χ2v) is 5.30. The molecule has 3 nitrogen and oxygen atoms in total. The van der Waals surface area contributed by atoms with Gasteiger partial charge in [0.05, 0.1) is 0 Å². The average Bonchev–Trinajstić information content (AvgIpc) is 2.65. The van der Waals surface area contributed by atoms with Crippen LogP contribution in [0, 0.1) is 0 Å². The fourth-order valence-electron chi connectivity index (χ4n) is 1.93. The van der Waals surface area contributed by atoms with Gasteiger partial charge in [-0.2, -0.15) is 0 Å². The van der Waals surface area contributed by atoms with Crippen LogP contribution in [0.15, 0.2) is 36.7 Å². The van der Waals surface area contributed by atoms with Crippen molar-refractivity contribution in [3.05, 3.63) is 48.0 Å². The number of phenols is 1. The Kier molecular flexibility index (Phi) is 2.92. The van der Waals surface area contributed by atoms with Crippen LogP contribution in [0.1, 0.15) is 32.2 Å². The Morgan fingerprint density at radius 2 is 2.06 bits per heavy atom. The van der Waals surface area contributed by atoms with E-state index in [1.165, 1.54) is 0 Å². The van der Waals surface area contributed by atoms with E-state index in [-0.39, 0.29) is 5.41 Å². The second kappa shape index (κ2) is 4.24. The van der Waals surface area contributed by atoms with Gasteiger partial charge in [0.15, 0.2) is 0 Å². The zero-order chi connectivity index (χ0) is 12.5. The monoisotopic (exact) mass is 230 g/mol. The lowest BCUT2D eigenvalue weighted by molar-refractivity contribution is 0.473. The first kappa shape index (κ1) is 11.7. The number of hydrogen-bond donors (Lipinski definition) is 1. The van der Waals surface area contributed by atoms with Gasteiger partial charge in [0.25, 0.3) is 0 Å². The van der Waals surface area contributed by atoms with E-state index in [9.17, 15) is 5.11 Å². The SMILES string of the molecule is CC(C)(C)c1nccn1Cc1cccc(O)c1. The molecular weight excluding hydrogens is 212 g/mol. The molecule has 2 aromatic rings. The molecule has 1 aromatic heterocycles.